The lowest BCUT2D eigenvalue weighted by Gasteiger charge is -2.40. The Hall–Kier alpha value is -1.28. The Morgan fingerprint density at radius 1 is 1.10 bits per heavy atom. The molecule has 1 aliphatic rings. The van der Waals surface area contributed by atoms with E-state index >= 15 is 0 Å². The number of furan rings is 1. The van der Waals surface area contributed by atoms with Crippen LogP contribution < -0.4 is 0 Å². The molecule has 0 radical (unpaired) electrons. The number of hydrogen-bond donors (Lipinski definition) is 0. The Kier molecular flexibility index (Phi) is 3.59. The topological polar surface area (TPSA) is 16.4 Å². The number of benzene rings is 1. The van der Waals surface area contributed by atoms with Gasteiger partial charge in [0, 0.05) is 23.5 Å². The van der Waals surface area contributed by atoms with Crippen molar-refractivity contribution in [1.29, 1.82) is 0 Å². The fraction of sp³-hybridized carbons (Fsp3) is 0.556. The van der Waals surface area contributed by atoms with Crippen molar-refractivity contribution in [2.75, 3.05) is 0 Å². The standard InChI is InChI=1S/C18H25NO/c1-12(2)19(13(3)4)17-6-5-14-9-15-7-8-20-18(15)11-16(14)10-17/h7-9,11-13,17H,5-6,10H2,1-4H3/t17-/m1/s1. The van der Waals surface area contributed by atoms with Gasteiger partial charge in [0.15, 0.2) is 0 Å². The van der Waals surface area contributed by atoms with Gasteiger partial charge in [-0.3, -0.25) is 4.90 Å². The third kappa shape index (κ3) is 2.37. The van der Waals surface area contributed by atoms with Crippen LogP contribution in [0.2, 0.25) is 0 Å². The molecule has 1 heterocycles. The first kappa shape index (κ1) is 13.7. The molecule has 2 aromatic rings. The predicted molar refractivity (Wildman–Crippen MR) is 84.1 cm³/mol. The summed E-state index contributed by atoms with van der Waals surface area (Å²) in [6, 6.07) is 8.52. The van der Waals surface area contributed by atoms with E-state index in [-0.39, 0.29) is 0 Å². The summed E-state index contributed by atoms with van der Waals surface area (Å²) < 4.78 is 5.56. The fourth-order valence-corrected chi connectivity index (χ4v) is 3.89. The van der Waals surface area contributed by atoms with E-state index in [9.17, 15) is 0 Å². The Bertz CT molecular complexity index is 588. The van der Waals surface area contributed by atoms with E-state index in [4.69, 9.17) is 4.42 Å². The molecule has 0 unspecified atom stereocenters. The summed E-state index contributed by atoms with van der Waals surface area (Å²) >= 11 is 0. The van der Waals surface area contributed by atoms with Gasteiger partial charge in [-0.1, -0.05) is 0 Å². The molecule has 1 aromatic heterocycles. The number of hydrogen-bond acceptors (Lipinski definition) is 2. The van der Waals surface area contributed by atoms with Gasteiger partial charge in [-0.2, -0.15) is 0 Å². The second-order valence-corrected chi connectivity index (χ2v) is 6.61. The average molecular weight is 271 g/mol. The molecule has 2 heteroatoms. The molecule has 3 rings (SSSR count). The Balaban J connectivity index is 1.90. The van der Waals surface area contributed by atoms with Crippen LogP contribution in [0.15, 0.2) is 28.9 Å². The van der Waals surface area contributed by atoms with Crippen molar-refractivity contribution in [1.82, 2.24) is 4.90 Å². The zero-order valence-corrected chi connectivity index (χ0v) is 13.0. The molecule has 0 saturated carbocycles. The third-order valence-electron chi connectivity index (χ3n) is 4.59. The summed E-state index contributed by atoms with van der Waals surface area (Å²) in [5.74, 6) is 0. The average Bonchev–Trinajstić information content (AvgIpc) is 2.82. The Labute approximate surface area is 121 Å². The molecular weight excluding hydrogens is 246 g/mol. The first-order chi connectivity index (χ1) is 9.56. The van der Waals surface area contributed by atoms with Gasteiger partial charge < -0.3 is 4.42 Å². The summed E-state index contributed by atoms with van der Waals surface area (Å²) in [4.78, 5) is 2.66. The highest BCUT2D eigenvalue weighted by atomic mass is 16.3. The minimum absolute atomic E-state index is 0.605. The van der Waals surface area contributed by atoms with Crippen LogP contribution in [0, 0.1) is 0 Å². The maximum Gasteiger partial charge on any atom is 0.134 e. The van der Waals surface area contributed by atoms with Crippen LogP contribution in [0.25, 0.3) is 11.0 Å². The summed E-state index contributed by atoms with van der Waals surface area (Å²) in [6.45, 7) is 9.24. The largest absolute Gasteiger partial charge is 0.464 e. The number of aryl methyl sites for hydroxylation is 1. The molecule has 0 N–H and O–H groups in total. The van der Waals surface area contributed by atoms with E-state index in [0.29, 0.717) is 18.1 Å². The second-order valence-electron chi connectivity index (χ2n) is 6.61. The summed E-state index contributed by atoms with van der Waals surface area (Å²) in [5.41, 5.74) is 4.03. The first-order valence-electron chi connectivity index (χ1n) is 7.82. The predicted octanol–water partition coefficient (Wildman–Crippen LogP) is 4.41. The lowest BCUT2D eigenvalue weighted by Crippen LogP contribution is -2.47. The number of nitrogens with zero attached hydrogens (tertiary/aromatic N) is 1. The van der Waals surface area contributed by atoms with Gasteiger partial charge >= 0.3 is 0 Å². The van der Waals surface area contributed by atoms with Crippen molar-refractivity contribution in [2.45, 2.75) is 65.1 Å². The SMILES string of the molecule is CC(C)N(C(C)C)[C@@H]1CCc2cc3ccoc3cc2C1. The normalized spacial score (nSPS) is 19.2. The van der Waals surface area contributed by atoms with Gasteiger partial charge in [0.1, 0.15) is 5.58 Å². The van der Waals surface area contributed by atoms with Crippen molar-refractivity contribution in [3.05, 3.63) is 35.6 Å². The van der Waals surface area contributed by atoms with Gasteiger partial charge in [0.2, 0.25) is 0 Å². The zero-order valence-electron chi connectivity index (χ0n) is 13.0. The van der Waals surface area contributed by atoms with E-state index < -0.39 is 0 Å². The Morgan fingerprint density at radius 3 is 2.55 bits per heavy atom. The van der Waals surface area contributed by atoms with Crippen molar-refractivity contribution in [2.24, 2.45) is 0 Å². The van der Waals surface area contributed by atoms with E-state index in [2.05, 4.69) is 50.8 Å². The van der Waals surface area contributed by atoms with Gasteiger partial charge in [0.05, 0.1) is 6.26 Å². The van der Waals surface area contributed by atoms with Crippen molar-refractivity contribution in [3.8, 4) is 0 Å². The van der Waals surface area contributed by atoms with Crippen molar-refractivity contribution >= 4 is 11.0 Å². The molecule has 1 aromatic carbocycles. The maximum absolute atomic E-state index is 5.56. The molecular formula is C18H25NO. The van der Waals surface area contributed by atoms with Gasteiger partial charge in [0.25, 0.3) is 0 Å². The molecule has 0 spiro atoms. The monoisotopic (exact) mass is 271 g/mol. The molecule has 1 aliphatic carbocycles. The smallest absolute Gasteiger partial charge is 0.134 e. The highest BCUT2D eigenvalue weighted by Crippen LogP contribution is 2.30. The van der Waals surface area contributed by atoms with Crippen LogP contribution >= 0.6 is 0 Å². The number of rotatable bonds is 3. The molecule has 20 heavy (non-hydrogen) atoms. The zero-order chi connectivity index (χ0) is 14.3. The molecule has 0 bridgehead atoms. The fourth-order valence-electron chi connectivity index (χ4n) is 3.89. The molecule has 108 valence electrons. The van der Waals surface area contributed by atoms with E-state index in [1.54, 1.807) is 6.26 Å². The van der Waals surface area contributed by atoms with Gasteiger partial charge in [-0.25, -0.2) is 0 Å². The summed E-state index contributed by atoms with van der Waals surface area (Å²) in [7, 11) is 0. The minimum Gasteiger partial charge on any atom is -0.464 e. The van der Waals surface area contributed by atoms with Crippen molar-refractivity contribution < 1.29 is 4.42 Å². The lowest BCUT2D eigenvalue weighted by molar-refractivity contribution is 0.102. The van der Waals surface area contributed by atoms with E-state index in [1.807, 2.05) is 0 Å². The minimum atomic E-state index is 0.605. The Morgan fingerprint density at radius 2 is 1.85 bits per heavy atom. The van der Waals surface area contributed by atoms with Crippen LogP contribution in [0.1, 0.15) is 45.2 Å². The summed E-state index contributed by atoms with van der Waals surface area (Å²) in [6.07, 6.45) is 5.41. The molecule has 0 saturated heterocycles. The van der Waals surface area contributed by atoms with Gasteiger partial charge in [-0.15, -0.1) is 0 Å². The van der Waals surface area contributed by atoms with Crippen LogP contribution in [0.4, 0.5) is 0 Å². The highest BCUT2D eigenvalue weighted by molar-refractivity contribution is 5.79. The molecule has 0 aliphatic heterocycles. The molecule has 0 amide bonds. The highest BCUT2D eigenvalue weighted by Gasteiger charge is 2.28. The first-order valence-corrected chi connectivity index (χ1v) is 7.82. The second kappa shape index (κ2) is 5.25. The van der Waals surface area contributed by atoms with E-state index in [0.717, 1.165) is 12.0 Å². The van der Waals surface area contributed by atoms with Crippen LogP contribution in [-0.2, 0) is 12.8 Å². The van der Waals surface area contributed by atoms with E-state index in [1.165, 1.54) is 29.4 Å². The maximum atomic E-state index is 5.56. The molecule has 1 atom stereocenters. The van der Waals surface area contributed by atoms with Crippen LogP contribution in [0.3, 0.4) is 0 Å². The van der Waals surface area contributed by atoms with Crippen molar-refractivity contribution in [3.63, 3.8) is 0 Å². The van der Waals surface area contributed by atoms with Crippen LogP contribution in [0.5, 0.6) is 0 Å². The lowest BCUT2D eigenvalue weighted by atomic mass is 9.86. The quantitative estimate of drug-likeness (QED) is 0.822. The molecule has 2 nitrogen and oxygen atoms in total. The molecule has 0 fully saturated rings. The number of fused-ring (bicyclic) bond motifs is 2. The van der Waals surface area contributed by atoms with Crippen LogP contribution in [-0.4, -0.2) is 23.0 Å². The van der Waals surface area contributed by atoms with Gasteiger partial charge in [-0.05, 0) is 76.3 Å². The summed E-state index contributed by atoms with van der Waals surface area (Å²) in [5, 5.41) is 1.24. The third-order valence-corrected chi connectivity index (χ3v) is 4.59.